The lowest BCUT2D eigenvalue weighted by atomic mass is 10.0. The fourth-order valence-electron chi connectivity index (χ4n) is 5.83. The highest BCUT2D eigenvalue weighted by molar-refractivity contribution is 7.94. The molecule has 0 saturated carbocycles. The molecule has 0 bridgehead atoms. The van der Waals surface area contributed by atoms with Crippen molar-refractivity contribution in [3.8, 4) is 0 Å². The first kappa shape index (κ1) is 22.9. The van der Waals surface area contributed by atoms with Crippen molar-refractivity contribution in [1.29, 1.82) is 0 Å². The summed E-state index contributed by atoms with van der Waals surface area (Å²) in [6.45, 7) is -2.73. The third-order valence-electron chi connectivity index (χ3n) is 7.66. The van der Waals surface area contributed by atoms with Crippen LogP contribution < -0.4 is 15.9 Å². The van der Waals surface area contributed by atoms with E-state index in [4.69, 9.17) is 6.30 Å². The van der Waals surface area contributed by atoms with Gasteiger partial charge in [-0.05, 0) is 90.2 Å². The van der Waals surface area contributed by atoms with Crippen molar-refractivity contribution < 1.29 is 8.78 Å². The molecule has 0 aromatic heterocycles. The summed E-state index contributed by atoms with van der Waals surface area (Å²) in [6, 6.07) is 42.1. The van der Waals surface area contributed by atoms with Gasteiger partial charge < -0.3 is 0 Å². The van der Waals surface area contributed by atoms with Crippen molar-refractivity contribution >= 4 is 72.2 Å². The van der Waals surface area contributed by atoms with Crippen LogP contribution in [0.2, 0.25) is 0 Å². The second-order valence-corrected chi connectivity index (χ2v) is 12.8. The van der Waals surface area contributed by atoms with Crippen molar-refractivity contribution in [3.05, 3.63) is 139 Å². The van der Waals surface area contributed by atoms with Crippen LogP contribution in [0.1, 0.15) is 0 Å². The summed E-state index contributed by atoms with van der Waals surface area (Å²) < 4.78 is 29.1. The van der Waals surface area contributed by atoms with Gasteiger partial charge in [0, 0.05) is 0 Å². The van der Waals surface area contributed by atoms with Gasteiger partial charge in [0.2, 0.25) is 0 Å². The lowest BCUT2D eigenvalue weighted by Gasteiger charge is -2.30. The van der Waals surface area contributed by atoms with E-state index < -0.39 is 18.5 Å². The Balaban J connectivity index is 1.71. The molecule has 0 radical (unpaired) electrons. The van der Waals surface area contributed by atoms with Gasteiger partial charge in [0.1, 0.15) is 0 Å². The van der Waals surface area contributed by atoms with Gasteiger partial charge in [0.25, 0.3) is 0 Å². The van der Waals surface area contributed by atoms with Crippen LogP contribution in [-0.4, -0.2) is 6.30 Å². The maximum Gasteiger partial charge on any atom is 0.159 e. The molecule has 0 aliphatic carbocycles. The Labute approximate surface area is 219 Å². The van der Waals surface area contributed by atoms with Crippen molar-refractivity contribution in [2.75, 3.05) is 0 Å². The summed E-state index contributed by atoms with van der Waals surface area (Å²) in [7, 11) is 0. The minimum Gasteiger partial charge on any atom is -0.204 e. The summed E-state index contributed by atoms with van der Waals surface area (Å²) >= 11 is 0. The fourth-order valence-corrected chi connectivity index (χ4v) is 9.24. The Kier molecular flexibility index (Phi) is 5.21. The molecular formula is C35H23F2P. The van der Waals surface area contributed by atoms with Gasteiger partial charge in [-0.1, -0.05) is 109 Å². The van der Waals surface area contributed by atoms with Gasteiger partial charge in [0.05, 0.1) is 0 Å². The van der Waals surface area contributed by atoms with E-state index in [1.54, 1.807) is 6.07 Å². The van der Waals surface area contributed by atoms with Crippen LogP contribution in [0.5, 0.6) is 0 Å². The Hall–Kier alpha value is -4.26. The van der Waals surface area contributed by atoms with E-state index in [9.17, 15) is 8.78 Å². The molecule has 38 heavy (non-hydrogen) atoms. The highest BCUT2D eigenvalue weighted by Gasteiger charge is 2.28. The van der Waals surface area contributed by atoms with Crippen LogP contribution in [0.4, 0.5) is 8.78 Å². The summed E-state index contributed by atoms with van der Waals surface area (Å²) in [5, 5.41) is 11.7. The standard InChI is InChI=1S/C35H23F2P/c1-38(25-18-19-32(36)33(37)22-25,34-20-23-10-2-4-12-26(23)28-14-6-8-16-30(28)34)35-21-24-11-3-5-13-27(24)29-15-7-9-17-31(29)35/h2-22H,1H2. The molecule has 0 saturated heterocycles. The first-order valence-electron chi connectivity index (χ1n) is 12.6. The maximum atomic E-state index is 14.9. The fraction of sp³-hybridized carbons (Fsp3) is 0. The zero-order valence-corrected chi connectivity index (χ0v) is 21.4. The molecular weight excluding hydrogens is 489 g/mol. The smallest absolute Gasteiger partial charge is 0.159 e. The third kappa shape index (κ3) is 3.34. The molecule has 0 aliphatic rings. The summed E-state index contributed by atoms with van der Waals surface area (Å²) in [5.74, 6) is -1.71. The Morgan fingerprint density at radius 1 is 0.421 bits per heavy atom. The largest absolute Gasteiger partial charge is 0.204 e. The number of fused-ring (bicyclic) bond motifs is 6. The first-order valence-corrected chi connectivity index (χ1v) is 14.5. The highest BCUT2D eigenvalue weighted by Crippen LogP contribution is 2.48. The van der Waals surface area contributed by atoms with E-state index in [2.05, 4.69) is 60.7 Å². The second kappa shape index (κ2) is 8.65. The lowest BCUT2D eigenvalue weighted by Crippen LogP contribution is -2.27. The number of rotatable bonds is 3. The molecule has 0 heterocycles. The van der Waals surface area contributed by atoms with Gasteiger partial charge in [0.15, 0.2) is 11.6 Å². The van der Waals surface area contributed by atoms with E-state index >= 15 is 0 Å². The van der Waals surface area contributed by atoms with Crippen LogP contribution in [-0.2, 0) is 0 Å². The number of halogens is 2. The molecule has 0 atom stereocenters. The van der Waals surface area contributed by atoms with Crippen LogP contribution in [0.25, 0.3) is 43.1 Å². The summed E-state index contributed by atoms with van der Waals surface area (Å²) in [5.41, 5.74) is 0. The van der Waals surface area contributed by atoms with Crippen molar-refractivity contribution in [3.63, 3.8) is 0 Å². The molecule has 0 aliphatic heterocycles. The Morgan fingerprint density at radius 2 is 0.842 bits per heavy atom. The molecule has 0 unspecified atom stereocenters. The molecule has 0 spiro atoms. The minimum absolute atomic E-state index is 0.706. The van der Waals surface area contributed by atoms with E-state index in [0.29, 0.717) is 5.30 Å². The minimum atomic E-state index is -2.73. The topological polar surface area (TPSA) is 0 Å². The van der Waals surface area contributed by atoms with Crippen LogP contribution in [0.3, 0.4) is 0 Å². The number of hydrogen-bond donors (Lipinski definition) is 0. The molecule has 7 aromatic carbocycles. The summed E-state index contributed by atoms with van der Waals surface area (Å²) in [4.78, 5) is 0. The Morgan fingerprint density at radius 3 is 1.32 bits per heavy atom. The van der Waals surface area contributed by atoms with E-state index in [-0.39, 0.29) is 0 Å². The van der Waals surface area contributed by atoms with Gasteiger partial charge in [-0.3, -0.25) is 0 Å². The molecule has 0 amide bonds. The SMILES string of the molecule is C=P(c1ccc(F)c(F)c1)(c1cc2ccccc2c2ccccc12)c1cc2ccccc2c2ccccc12. The molecule has 0 N–H and O–H groups in total. The van der Waals surface area contributed by atoms with Gasteiger partial charge in [-0.25, -0.2) is 8.78 Å². The number of benzene rings is 7. The van der Waals surface area contributed by atoms with Crippen molar-refractivity contribution in [2.45, 2.75) is 0 Å². The van der Waals surface area contributed by atoms with Gasteiger partial charge in [-0.15, -0.1) is 0 Å². The molecule has 3 heteroatoms. The predicted octanol–water partition coefficient (Wildman–Crippen LogP) is 8.30. The van der Waals surface area contributed by atoms with Crippen molar-refractivity contribution in [2.24, 2.45) is 0 Å². The van der Waals surface area contributed by atoms with Crippen molar-refractivity contribution in [1.82, 2.24) is 0 Å². The zero-order chi connectivity index (χ0) is 25.9. The quantitative estimate of drug-likeness (QED) is 0.165. The van der Waals surface area contributed by atoms with Crippen LogP contribution in [0.15, 0.2) is 127 Å². The van der Waals surface area contributed by atoms with Gasteiger partial charge >= 0.3 is 0 Å². The Bertz CT molecular complexity index is 1970. The molecule has 182 valence electrons. The molecule has 7 aromatic rings. The summed E-state index contributed by atoms with van der Waals surface area (Å²) in [6.07, 6.45) is 4.99. The lowest BCUT2D eigenvalue weighted by molar-refractivity contribution is 0.509. The van der Waals surface area contributed by atoms with E-state index in [1.807, 2.05) is 48.5 Å². The van der Waals surface area contributed by atoms with E-state index in [0.717, 1.165) is 53.7 Å². The van der Waals surface area contributed by atoms with Crippen LogP contribution in [0, 0.1) is 11.6 Å². The third-order valence-corrected chi connectivity index (χ3v) is 11.2. The number of hydrogen-bond acceptors (Lipinski definition) is 0. The molecule has 7 rings (SSSR count). The van der Waals surface area contributed by atoms with Crippen LogP contribution >= 0.6 is 6.89 Å². The van der Waals surface area contributed by atoms with E-state index in [1.165, 1.54) is 12.1 Å². The molecule has 0 fully saturated rings. The average molecular weight is 513 g/mol. The first-order chi connectivity index (χ1) is 18.6. The molecule has 0 nitrogen and oxygen atoms in total. The average Bonchev–Trinajstić information content (AvgIpc) is 2.97. The second-order valence-electron chi connectivity index (χ2n) is 9.73. The monoisotopic (exact) mass is 512 g/mol. The maximum absolute atomic E-state index is 14.9. The zero-order valence-electron chi connectivity index (χ0n) is 20.5. The predicted molar refractivity (Wildman–Crippen MR) is 162 cm³/mol. The van der Waals surface area contributed by atoms with Gasteiger partial charge in [-0.2, -0.15) is 0 Å². The normalized spacial score (nSPS) is 12.1. The highest BCUT2D eigenvalue weighted by atomic mass is 31.2.